The van der Waals surface area contributed by atoms with Crippen LogP contribution in [0.15, 0.2) is 29.2 Å². The molecule has 1 rings (SSSR count). The summed E-state index contributed by atoms with van der Waals surface area (Å²) in [6.45, 7) is 8.43. The Bertz CT molecular complexity index is 426. The molecule has 0 heterocycles. The molecule has 5 heteroatoms. The van der Waals surface area contributed by atoms with Gasteiger partial charge in [-0.25, -0.2) is 4.79 Å². The lowest BCUT2D eigenvalue weighted by Gasteiger charge is -2.18. The Morgan fingerprint density at radius 1 is 1.30 bits per heavy atom. The molecule has 0 saturated carbocycles. The van der Waals surface area contributed by atoms with Gasteiger partial charge in [0, 0.05) is 28.0 Å². The first-order valence-electron chi connectivity index (χ1n) is 6.77. The number of rotatable bonds is 5. The van der Waals surface area contributed by atoms with Gasteiger partial charge in [-0.05, 0) is 37.6 Å². The number of hydrogen-bond donors (Lipinski definition) is 3. The number of hydrogen-bond acceptors (Lipinski definition) is 3. The third-order valence-corrected chi connectivity index (χ3v) is 3.60. The zero-order valence-corrected chi connectivity index (χ0v) is 13.4. The topological polar surface area (TPSA) is 61.4 Å². The van der Waals surface area contributed by atoms with Crippen molar-refractivity contribution in [2.45, 2.75) is 49.8 Å². The van der Waals surface area contributed by atoms with E-state index < -0.39 is 0 Å². The van der Waals surface area contributed by atoms with Crippen molar-refractivity contribution in [3.63, 3.8) is 0 Å². The molecule has 0 aliphatic rings. The molecule has 112 valence electrons. The number of carbonyl (C=O) groups is 1. The molecule has 0 fully saturated rings. The number of thioether (sulfide) groups is 1. The first-order chi connectivity index (χ1) is 9.30. The number of urea groups is 1. The first kappa shape index (κ1) is 16.9. The molecule has 0 radical (unpaired) electrons. The third-order valence-electron chi connectivity index (χ3n) is 2.48. The van der Waals surface area contributed by atoms with E-state index in [1.54, 1.807) is 11.8 Å². The lowest BCUT2D eigenvalue weighted by Crippen LogP contribution is -2.36. The largest absolute Gasteiger partial charge is 0.396 e. The molecule has 0 unspecified atom stereocenters. The van der Waals surface area contributed by atoms with Crippen LogP contribution in [0.25, 0.3) is 0 Å². The molecular weight excluding hydrogens is 272 g/mol. The molecule has 0 aliphatic carbocycles. The van der Waals surface area contributed by atoms with Crippen LogP contribution in [0.3, 0.4) is 0 Å². The smallest absolute Gasteiger partial charge is 0.319 e. The minimum atomic E-state index is -0.248. The van der Waals surface area contributed by atoms with E-state index in [1.165, 1.54) is 4.90 Å². The van der Waals surface area contributed by atoms with Crippen molar-refractivity contribution in [1.29, 1.82) is 0 Å². The van der Waals surface area contributed by atoms with Crippen molar-refractivity contribution in [3.05, 3.63) is 24.3 Å². The van der Waals surface area contributed by atoms with E-state index in [0.29, 0.717) is 6.42 Å². The zero-order valence-electron chi connectivity index (χ0n) is 12.6. The summed E-state index contributed by atoms with van der Waals surface area (Å²) < 4.78 is 0.173. The molecule has 0 saturated heterocycles. The number of carbonyl (C=O) groups excluding carboxylic acids is 1. The lowest BCUT2D eigenvalue weighted by molar-refractivity contribution is 0.241. The van der Waals surface area contributed by atoms with E-state index in [4.69, 9.17) is 5.11 Å². The van der Waals surface area contributed by atoms with E-state index in [-0.39, 0.29) is 23.4 Å². The predicted octanol–water partition coefficient (Wildman–Crippen LogP) is 3.47. The number of aliphatic hydroxyl groups excluding tert-OH is 1. The quantitative estimate of drug-likeness (QED) is 0.729. The second-order valence-corrected chi connectivity index (χ2v) is 7.65. The Kier molecular flexibility index (Phi) is 6.36. The maximum Gasteiger partial charge on any atom is 0.319 e. The van der Waals surface area contributed by atoms with Gasteiger partial charge >= 0.3 is 6.03 Å². The lowest BCUT2D eigenvalue weighted by atomic mass is 10.2. The summed E-state index contributed by atoms with van der Waals surface area (Å²) in [6, 6.07) is 7.50. The first-order valence-corrected chi connectivity index (χ1v) is 7.59. The van der Waals surface area contributed by atoms with Crippen LogP contribution >= 0.6 is 11.8 Å². The highest BCUT2D eigenvalue weighted by molar-refractivity contribution is 8.00. The van der Waals surface area contributed by atoms with Crippen LogP contribution in [0.1, 0.15) is 34.1 Å². The molecule has 1 aromatic rings. The highest BCUT2D eigenvalue weighted by Gasteiger charge is 2.12. The highest BCUT2D eigenvalue weighted by atomic mass is 32.2. The van der Waals surface area contributed by atoms with Crippen LogP contribution in [0.4, 0.5) is 10.5 Å². The summed E-state index contributed by atoms with van der Waals surface area (Å²) in [4.78, 5) is 12.9. The molecule has 4 nitrogen and oxygen atoms in total. The van der Waals surface area contributed by atoms with Gasteiger partial charge in [0.25, 0.3) is 0 Å². The molecule has 20 heavy (non-hydrogen) atoms. The van der Waals surface area contributed by atoms with Crippen LogP contribution in [0, 0.1) is 0 Å². The van der Waals surface area contributed by atoms with E-state index in [0.717, 1.165) is 5.69 Å². The van der Waals surface area contributed by atoms with Gasteiger partial charge < -0.3 is 15.7 Å². The molecule has 0 aliphatic heterocycles. The Hall–Kier alpha value is -1.20. The fraction of sp³-hybridized carbons (Fsp3) is 0.533. The Morgan fingerprint density at radius 3 is 2.40 bits per heavy atom. The van der Waals surface area contributed by atoms with Crippen molar-refractivity contribution < 1.29 is 9.90 Å². The Balaban J connectivity index is 2.51. The van der Waals surface area contributed by atoms with Gasteiger partial charge in [-0.2, -0.15) is 0 Å². The fourth-order valence-electron chi connectivity index (χ4n) is 1.62. The second-order valence-electron chi connectivity index (χ2n) is 5.75. The molecular formula is C15H24N2O2S. The van der Waals surface area contributed by atoms with Gasteiger partial charge in [0.05, 0.1) is 0 Å². The number of amides is 2. The van der Waals surface area contributed by atoms with Crippen molar-refractivity contribution in [2.24, 2.45) is 0 Å². The van der Waals surface area contributed by atoms with E-state index in [2.05, 4.69) is 31.4 Å². The average Bonchev–Trinajstić information content (AvgIpc) is 2.30. The SMILES string of the molecule is C[C@@H](CCO)NC(=O)Nc1ccc(SC(C)(C)C)cc1. The molecule has 1 aromatic carbocycles. The van der Waals surface area contributed by atoms with Crippen LogP contribution in [-0.4, -0.2) is 28.5 Å². The number of aliphatic hydroxyl groups is 1. The maximum absolute atomic E-state index is 11.7. The molecule has 1 atom stereocenters. The summed E-state index contributed by atoms with van der Waals surface area (Å²) in [5, 5.41) is 14.3. The number of anilines is 1. The van der Waals surface area contributed by atoms with Gasteiger partial charge in [0.1, 0.15) is 0 Å². The van der Waals surface area contributed by atoms with Gasteiger partial charge in [0.15, 0.2) is 0 Å². The number of nitrogens with one attached hydrogen (secondary N) is 2. The summed E-state index contributed by atoms with van der Waals surface area (Å²) in [7, 11) is 0. The van der Waals surface area contributed by atoms with Gasteiger partial charge in [0.2, 0.25) is 0 Å². The summed E-state index contributed by atoms with van der Waals surface area (Å²) in [5.74, 6) is 0. The molecule has 0 aromatic heterocycles. The van der Waals surface area contributed by atoms with Gasteiger partial charge in [-0.1, -0.05) is 20.8 Å². The third kappa shape index (κ3) is 6.82. The number of benzene rings is 1. The summed E-state index contributed by atoms with van der Waals surface area (Å²) in [6.07, 6.45) is 0.550. The van der Waals surface area contributed by atoms with Crippen LogP contribution in [-0.2, 0) is 0 Å². The van der Waals surface area contributed by atoms with Crippen molar-refractivity contribution in [2.75, 3.05) is 11.9 Å². The van der Waals surface area contributed by atoms with Gasteiger partial charge in [-0.3, -0.25) is 0 Å². The molecule has 2 amide bonds. The van der Waals surface area contributed by atoms with Crippen LogP contribution in [0.5, 0.6) is 0 Å². The normalized spacial score (nSPS) is 12.8. The zero-order chi connectivity index (χ0) is 15.2. The monoisotopic (exact) mass is 296 g/mol. The predicted molar refractivity (Wildman–Crippen MR) is 85.4 cm³/mol. The van der Waals surface area contributed by atoms with Crippen molar-refractivity contribution in [1.82, 2.24) is 5.32 Å². The fourth-order valence-corrected chi connectivity index (χ4v) is 2.60. The summed E-state index contributed by atoms with van der Waals surface area (Å²) >= 11 is 1.79. The van der Waals surface area contributed by atoms with E-state index in [9.17, 15) is 4.79 Å². The Labute approximate surface area is 125 Å². The van der Waals surface area contributed by atoms with Gasteiger partial charge in [-0.15, -0.1) is 11.8 Å². The standard InChI is InChI=1S/C15H24N2O2S/c1-11(9-10-18)16-14(19)17-12-5-7-13(8-6-12)20-15(2,3)4/h5-8,11,18H,9-10H2,1-4H3,(H2,16,17,19)/t11-/m0/s1. The van der Waals surface area contributed by atoms with Crippen LogP contribution < -0.4 is 10.6 Å². The van der Waals surface area contributed by atoms with E-state index in [1.807, 2.05) is 31.2 Å². The minimum Gasteiger partial charge on any atom is -0.396 e. The second kappa shape index (κ2) is 7.55. The minimum absolute atomic E-state index is 0.0456. The molecule has 3 N–H and O–H groups in total. The van der Waals surface area contributed by atoms with Crippen molar-refractivity contribution in [3.8, 4) is 0 Å². The van der Waals surface area contributed by atoms with Crippen LogP contribution in [0.2, 0.25) is 0 Å². The summed E-state index contributed by atoms with van der Waals surface area (Å²) in [5.41, 5.74) is 0.761. The average molecular weight is 296 g/mol. The maximum atomic E-state index is 11.7. The Morgan fingerprint density at radius 2 is 1.90 bits per heavy atom. The molecule has 0 bridgehead atoms. The van der Waals surface area contributed by atoms with E-state index >= 15 is 0 Å². The molecule has 0 spiro atoms. The van der Waals surface area contributed by atoms with Crippen molar-refractivity contribution >= 4 is 23.5 Å². The highest BCUT2D eigenvalue weighted by Crippen LogP contribution is 2.32.